The van der Waals surface area contributed by atoms with Crippen molar-refractivity contribution in [2.45, 2.75) is 44.8 Å². The van der Waals surface area contributed by atoms with Crippen LogP contribution in [0.1, 0.15) is 47.2 Å². The van der Waals surface area contributed by atoms with Gasteiger partial charge in [-0.15, -0.1) is 11.3 Å². The highest BCUT2D eigenvalue weighted by Gasteiger charge is 2.40. The quantitative estimate of drug-likeness (QED) is 0.284. The first-order valence-corrected chi connectivity index (χ1v) is 18.2. The lowest BCUT2D eigenvalue weighted by atomic mass is 9.80. The summed E-state index contributed by atoms with van der Waals surface area (Å²) in [5, 5.41) is 5.05. The molecule has 4 aromatic rings. The van der Waals surface area contributed by atoms with Gasteiger partial charge in [-0.05, 0) is 84.5 Å². The fraction of sp³-hybridized carbons (Fsp3) is 0.421. The first-order chi connectivity index (χ1) is 24.2. The molecule has 3 atom stereocenters. The number of rotatable bonds is 7. The number of piperidine rings is 3. The SMILES string of the molecule is COc1cc(-c2cn(C)c(=O)c3ccsc23)cc(OC)c1CN1CCC2CN(c3ccc4c(c3)C(=O)N(C3CCC(=O)NC3=O)C4)CCC2C1. The van der Waals surface area contributed by atoms with Crippen LogP contribution >= 0.6 is 11.3 Å². The maximum Gasteiger partial charge on any atom is 0.259 e. The lowest BCUT2D eigenvalue weighted by Crippen LogP contribution is -2.52. The standard InChI is InChI=1S/C38H41N5O6S/c1-40-20-29(35-27(37(40)46)10-13-50-35)25-14-32(48-2)30(33(15-25)49-3)21-41-11-8-23-18-42(12-9-22(23)17-41)26-5-4-24-19-43(38(47)28(24)16-26)31-6-7-34(44)39-36(31)45/h4-5,10,13-16,20,22-23,31H,6-9,11-12,17-19,21H2,1-3H3,(H,39,44,45). The van der Waals surface area contributed by atoms with Crippen LogP contribution in [0.25, 0.3) is 21.2 Å². The summed E-state index contributed by atoms with van der Waals surface area (Å²) in [7, 11) is 5.18. The van der Waals surface area contributed by atoms with E-state index in [1.54, 1.807) is 42.1 Å². The van der Waals surface area contributed by atoms with Crippen LogP contribution in [0.4, 0.5) is 5.69 Å². The predicted molar refractivity (Wildman–Crippen MR) is 192 cm³/mol. The van der Waals surface area contributed by atoms with E-state index in [9.17, 15) is 19.2 Å². The Morgan fingerprint density at radius 2 is 1.66 bits per heavy atom. The van der Waals surface area contributed by atoms with Crippen molar-refractivity contribution in [2.24, 2.45) is 18.9 Å². The van der Waals surface area contributed by atoms with E-state index in [2.05, 4.69) is 33.3 Å². The monoisotopic (exact) mass is 695 g/mol. The summed E-state index contributed by atoms with van der Waals surface area (Å²) in [6, 6.07) is 11.5. The molecule has 260 valence electrons. The molecular formula is C38H41N5O6S. The minimum absolute atomic E-state index is 0.00413. The van der Waals surface area contributed by atoms with Gasteiger partial charge < -0.3 is 23.8 Å². The van der Waals surface area contributed by atoms with E-state index in [0.29, 0.717) is 35.8 Å². The number of aryl methyl sites for hydroxylation is 1. The molecule has 11 nitrogen and oxygen atoms in total. The minimum atomic E-state index is -0.604. The van der Waals surface area contributed by atoms with Crippen LogP contribution in [-0.2, 0) is 29.7 Å². The molecule has 3 amide bonds. The Morgan fingerprint density at radius 1 is 0.900 bits per heavy atom. The van der Waals surface area contributed by atoms with Gasteiger partial charge in [0.25, 0.3) is 11.5 Å². The number of nitrogens with zero attached hydrogens (tertiary/aromatic N) is 4. The van der Waals surface area contributed by atoms with Crippen LogP contribution in [0.2, 0.25) is 0 Å². The number of carbonyl (C=O) groups is 3. The molecule has 0 aliphatic carbocycles. The van der Waals surface area contributed by atoms with Crippen LogP contribution in [0.15, 0.2) is 52.8 Å². The van der Waals surface area contributed by atoms with Crippen LogP contribution in [-0.4, -0.2) is 78.5 Å². The summed E-state index contributed by atoms with van der Waals surface area (Å²) in [5.41, 5.74) is 5.59. The number of amides is 3. The third-order valence-corrected chi connectivity index (χ3v) is 12.1. The third-order valence-electron chi connectivity index (χ3n) is 11.2. The summed E-state index contributed by atoms with van der Waals surface area (Å²) in [6.45, 7) is 4.93. The lowest BCUT2D eigenvalue weighted by Gasteiger charge is -2.45. The Balaban J connectivity index is 0.947. The second-order valence-corrected chi connectivity index (χ2v) is 14.9. The van der Waals surface area contributed by atoms with Gasteiger partial charge in [-0.2, -0.15) is 0 Å². The molecule has 0 saturated carbocycles. The van der Waals surface area contributed by atoms with Gasteiger partial charge in [0.05, 0.1) is 25.2 Å². The number of pyridine rings is 1. The summed E-state index contributed by atoms with van der Waals surface area (Å²) in [6.07, 6.45) is 4.64. The van der Waals surface area contributed by atoms with E-state index in [0.717, 1.165) is 89.7 Å². The maximum absolute atomic E-state index is 13.4. The van der Waals surface area contributed by atoms with E-state index in [1.807, 2.05) is 29.8 Å². The van der Waals surface area contributed by atoms with Gasteiger partial charge in [0.1, 0.15) is 17.5 Å². The van der Waals surface area contributed by atoms with Crippen LogP contribution in [0.3, 0.4) is 0 Å². The number of aromatic nitrogens is 1. The van der Waals surface area contributed by atoms with Gasteiger partial charge in [0.15, 0.2) is 0 Å². The fourth-order valence-corrected chi connectivity index (χ4v) is 9.37. The highest BCUT2D eigenvalue weighted by Crippen LogP contribution is 2.41. The highest BCUT2D eigenvalue weighted by atomic mass is 32.1. The molecule has 3 fully saturated rings. The number of likely N-dealkylation sites (tertiary alicyclic amines) is 1. The van der Waals surface area contributed by atoms with Gasteiger partial charge in [-0.25, -0.2) is 0 Å². The number of carbonyl (C=O) groups excluding carboxylic acids is 3. The van der Waals surface area contributed by atoms with Crippen molar-refractivity contribution in [1.29, 1.82) is 0 Å². The summed E-state index contributed by atoms with van der Waals surface area (Å²) in [4.78, 5) is 56.8. The number of nitrogens with one attached hydrogen (secondary N) is 1. The molecule has 6 heterocycles. The Kier molecular flexibility index (Phi) is 8.39. The molecule has 3 saturated heterocycles. The number of hydrogen-bond acceptors (Lipinski definition) is 9. The minimum Gasteiger partial charge on any atom is -0.496 e. The molecule has 12 heteroatoms. The Bertz CT molecular complexity index is 2060. The molecule has 1 N–H and O–H groups in total. The topological polar surface area (TPSA) is 113 Å². The van der Waals surface area contributed by atoms with Crippen molar-refractivity contribution >= 4 is 44.8 Å². The molecule has 50 heavy (non-hydrogen) atoms. The van der Waals surface area contributed by atoms with E-state index >= 15 is 0 Å². The zero-order valence-electron chi connectivity index (χ0n) is 28.6. The smallest absolute Gasteiger partial charge is 0.259 e. The van der Waals surface area contributed by atoms with Gasteiger partial charge in [0.2, 0.25) is 11.8 Å². The van der Waals surface area contributed by atoms with Gasteiger partial charge >= 0.3 is 0 Å². The number of anilines is 1. The Labute approximate surface area is 294 Å². The normalized spacial score (nSPS) is 22.5. The predicted octanol–water partition coefficient (Wildman–Crippen LogP) is 4.39. The van der Waals surface area contributed by atoms with E-state index in [1.165, 1.54) is 0 Å². The largest absolute Gasteiger partial charge is 0.496 e. The second-order valence-electron chi connectivity index (χ2n) is 14.0. The molecule has 0 bridgehead atoms. The zero-order chi connectivity index (χ0) is 34.7. The number of imide groups is 1. The van der Waals surface area contributed by atoms with Crippen molar-refractivity contribution in [2.75, 3.05) is 45.3 Å². The van der Waals surface area contributed by atoms with Gasteiger partial charge in [0, 0.05) is 73.9 Å². The second kappa shape index (κ2) is 12.9. The van der Waals surface area contributed by atoms with Gasteiger partial charge in [-0.1, -0.05) is 6.07 Å². The molecule has 2 aromatic heterocycles. The zero-order valence-corrected chi connectivity index (χ0v) is 29.4. The number of methoxy groups -OCH3 is 2. The van der Waals surface area contributed by atoms with Gasteiger partial charge in [-0.3, -0.25) is 29.4 Å². The van der Waals surface area contributed by atoms with Crippen LogP contribution < -0.4 is 25.2 Å². The van der Waals surface area contributed by atoms with Crippen molar-refractivity contribution in [3.8, 4) is 22.6 Å². The van der Waals surface area contributed by atoms with E-state index in [-0.39, 0.29) is 29.7 Å². The molecule has 2 aromatic carbocycles. The average molecular weight is 696 g/mol. The number of hydrogen-bond donors (Lipinski definition) is 1. The summed E-state index contributed by atoms with van der Waals surface area (Å²) < 4.78 is 14.5. The first kappa shape index (κ1) is 32.5. The lowest BCUT2D eigenvalue weighted by molar-refractivity contribution is -0.136. The summed E-state index contributed by atoms with van der Waals surface area (Å²) in [5.74, 6) is 1.87. The molecular weight excluding hydrogens is 655 g/mol. The van der Waals surface area contributed by atoms with Crippen molar-refractivity contribution in [3.63, 3.8) is 0 Å². The number of benzene rings is 2. The number of ether oxygens (including phenoxy) is 2. The average Bonchev–Trinajstić information content (AvgIpc) is 3.74. The number of thiophene rings is 1. The highest BCUT2D eigenvalue weighted by molar-refractivity contribution is 7.17. The molecule has 4 aliphatic rings. The fourth-order valence-electron chi connectivity index (χ4n) is 8.45. The first-order valence-electron chi connectivity index (χ1n) is 17.3. The Morgan fingerprint density at radius 3 is 2.42 bits per heavy atom. The van der Waals surface area contributed by atoms with Crippen LogP contribution in [0, 0.1) is 11.8 Å². The maximum atomic E-state index is 13.4. The van der Waals surface area contributed by atoms with Crippen LogP contribution in [0.5, 0.6) is 11.5 Å². The van der Waals surface area contributed by atoms with Crippen molar-refractivity contribution in [3.05, 3.63) is 75.0 Å². The van der Waals surface area contributed by atoms with E-state index in [4.69, 9.17) is 9.47 Å². The molecule has 8 rings (SSSR count). The summed E-state index contributed by atoms with van der Waals surface area (Å²) >= 11 is 1.56. The van der Waals surface area contributed by atoms with Crippen molar-refractivity contribution < 1.29 is 23.9 Å². The number of fused-ring (bicyclic) bond motifs is 3. The molecule has 0 radical (unpaired) electrons. The molecule has 0 spiro atoms. The molecule has 3 unspecified atom stereocenters. The van der Waals surface area contributed by atoms with Crippen molar-refractivity contribution in [1.82, 2.24) is 19.7 Å². The van der Waals surface area contributed by atoms with E-state index < -0.39 is 6.04 Å². The Hall–Kier alpha value is -4.68. The molecule has 4 aliphatic heterocycles. The third kappa shape index (κ3) is 5.64.